The van der Waals surface area contributed by atoms with Crippen LogP contribution in [0.1, 0.15) is 57.4 Å². The summed E-state index contributed by atoms with van der Waals surface area (Å²) in [6.45, 7) is 7.85. The number of hydrogen-bond acceptors (Lipinski definition) is 3. The summed E-state index contributed by atoms with van der Waals surface area (Å²) in [6.07, 6.45) is 5.03. The standard InChI is InChI=1S/C24H32FN4O/c1-3-18(4-2)24(30)28-14-12-20(13-15-28)19-6-8-21(9-7-19)29(16-5-17-29)23-11-10-22(25)26-27-23/h6-11,18,20H,3-5,12-17H2,1-2H3/q+1. The minimum absolute atomic E-state index is 0.173. The maximum Gasteiger partial charge on any atom is 0.252 e. The summed E-state index contributed by atoms with van der Waals surface area (Å²) in [7, 11) is 0. The number of nitrogens with zero attached hydrogens (tertiary/aromatic N) is 4. The highest BCUT2D eigenvalue weighted by atomic mass is 19.1. The molecule has 0 spiro atoms. The van der Waals surface area contributed by atoms with Crippen molar-refractivity contribution in [1.82, 2.24) is 19.6 Å². The van der Waals surface area contributed by atoms with E-state index in [0.29, 0.717) is 16.3 Å². The second-order valence-corrected chi connectivity index (χ2v) is 8.69. The van der Waals surface area contributed by atoms with Gasteiger partial charge >= 0.3 is 0 Å². The van der Waals surface area contributed by atoms with Gasteiger partial charge in [-0.2, -0.15) is 4.39 Å². The molecule has 1 amide bonds. The Kier molecular flexibility index (Phi) is 6.14. The molecule has 160 valence electrons. The monoisotopic (exact) mass is 411 g/mol. The lowest BCUT2D eigenvalue weighted by Gasteiger charge is -2.43. The Morgan fingerprint density at radius 3 is 2.23 bits per heavy atom. The van der Waals surface area contributed by atoms with E-state index in [1.54, 1.807) is 6.07 Å². The van der Waals surface area contributed by atoms with Gasteiger partial charge in [0.05, 0.1) is 13.1 Å². The number of halogens is 1. The van der Waals surface area contributed by atoms with Gasteiger partial charge in [0.15, 0.2) is 0 Å². The van der Waals surface area contributed by atoms with E-state index in [-0.39, 0.29) is 5.92 Å². The number of benzene rings is 1. The molecule has 2 fully saturated rings. The zero-order valence-electron chi connectivity index (χ0n) is 18.1. The maximum atomic E-state index is 13.2. The van der Waals surface area contributed by atoms with Gasteiger partial charge < -0.3 is 4.90 Å². The smallest absolute Gasteiger partial charge is 0.252 e. The van der Waals surface area contributed by atoms with Gasteiger partial charge in [0, 0.05) is 37.6 Å². The van der Waals surface area contributed by atoms with Crippen LogP contribution in [0, 0.1) is 11.9 Å². The molecule has 0 unspecified atom stereocenters. The normalized spacial score (nSPS) is 19.0. The largest absolute Gasteiger partial charge is 0.342 e. The molecule has 2 aliphatic heterocycles. The predicted molar refractivity (Wildman–Crippen MR) is 117 cm³/mol. The highest BCUT2D eigenvalue weighted by Crippen LogP contribution is 2.40. The number of piperidine rings is 1. The zero-order valence-corrected chi connectivity index (χ0v) is 18.1. The Morgan fingerprint density at radius 1 is 1.07 bits per heavy atom. The number of hydrogen-bond donors (Lipinski definition) is 0. The topological polar surface area (TPSA) is 46.1 Å². The van der Waals surface area contributed by atoms with Gasteiger partial charge in [0.2, 0.25) is 11.9 Å². The van der Waals surface area contributed by atoms with Crippen LogP contribution < -0.4 is 4.48 Å². The predicted octanol–water partition coefficient (Wildman–Crippen LogP) is 4.80. The van der Waals surface area contributed by atoms with Gasteiger partial charge in [0.1, 0.15) is 5.69 Å². The second-order valence-electron chi connectivity index (χ2n) is 8.69. The Bertz CT molecular complexity index is 852. The quantitative estimate of drug-likeness (QED) is 0.642. The van der Waals surface area contributed by atoms with Crippen molar-refractivity contribution in [3.8, 4) is 0 Å². The van der Waals surface area contributed by atoms with E-state index in [0.717, 1.165) is 64.1 Å². The van der Waals surface area contributed by atoms with Gasteiger partial charge in [0.25, 0.3) is 5.82 Å². The molecule has 5 nitrogen and oxygen atoms in total. The first kappa shape index (κ1) is 20.9. The Balaban J connectivity index is 1.43. The minimum atomic E-state index is -0.540. The van der Waals surface area contributed by atoms with Gasteiger partial charge in [-0.1, -0.05) is 31.1 Å². The lowest BCUT2D eigenvalue weighted by Crippen LogP contribution is -2.55. The molecule has 2 saturated heterocycles. The molecule has 0 atom stereocenters. The summed E-state index contributed by atoms with van der Waals surface area (Å²) in [5.74, 6) is 1.27. The van der Waals surface area contributed by atoms with E-state index < -0.39 is 5.95 Å². The van der Waals surface area contributed by atoms with Crippen molar-refractivity contribution in [2.45, 2.75) is 51.9 Å². The van der Waals surface area contributed by atoms with Crippen LogP contribution in [0.2, 0.25) is 0 Å². The number of likely N-dealkylation sites (tertiary alicyclic amines) is 1. The Hall–Kier alpha value is -2.34. The highest BCUT2D eigenvalue weighted by molar-refractivity contribution is 5.78. The molecule has 0 bridgehead atoms. The second kappa shape index (κ2) is 8.80. The van der Waals surface area contributed by atoms with Crippen molar-refractivity contribution in [3.63, 3.8) is 0 Å². The number of carbonyl (C=O) groups is 1. The van der Waals surface area contributed by atoms with Crippen LogP contribution in [0.15, 0.2) is 36.4 Å². The maximum absolute atomic E-state index is 13.2. The Labute approximate surface area is 178 Å². The fraction of sp³-hybridized carbons (Fsp3) is 0.542. The van der Waals surface area contributed by atoms with Gasteiger partial charge in [-0.25, -0.2) is 4.48 Å². The van der Waals surface area contributed by atoms with Crippen molar-refractivity contribution in [2.75, 3.05) is 26.2 Å². The van der Waals surface area contributed by atoms with Gasteiger partial charge in [-0.05, 0) is 49.3 Å². The number of amides is 1. The summed E-state index contributed by atoms with van der Waals surface area (Å²) in [6, 6.07) is 12.0. The summed E-state index contributed by atoms with van der Waals surface area (Å²) >= 11 is 0. The molecule has 30 heavy (non-hydrogen) atoms. The van der Waals surface area contributed by atoms with Crippen LogP contribution in [0.3, 0.4) is 0 Å². The highest BCUT2D eigenvalue weighted by Gasteiger charge is 2.42. The van der Waals surface area contributed by atoms with E-state index in [2.05, 4.69) is 53.2 Å². The van der Waals surface area contributed by atoms with Crippen LogP contribution in [0.4, 0.5) is 15.9 Å². The van der Waals surface area contributed by atoms with Crippen LogP contribution in [-0.4, -0.2) is 47.2 Å². The fourth-order valence-electron chi connectivity index (χ4n) is 4.99. The van der Waals surface area contributed by atoms with E-state index >= 15 is 0 Å². The third-order valence-corrected chi connectivity index (χ3v) is 7.14. The molecule has 2 aromatic rings. The molecule has 3 heterocycles. The molecule has 2 aliphatic rings. The molecule has 0 radical (unpaired) electrons. The SMILES string of the molecule is CCC(CC)C(=O)N1CCC(c2ccc([N+]3(c4ccc(F)nn4)CCC3)cc2)CC1. The number of carbonyl (C=O) groups excluding carboxylic acids is 1. The molecule has 0 N–H and O–H groups in total. The lowest BCUT2D eigenvalue weighted by molar-refractivity contribution is -0.136. The first-order chi connectivity index (χ1) is 14.6. The molecular formula is C24H32FN4O+. The molecule has 6 heteroatoms. The Morgan fingerprint density at radius 2 is 1.73 bits per heavy atom. The van der Waals surface area contributed by atoms with Crippen LogP contribution in [0.5, 0.6) is 0 Å². The van der Waals surface area contributed by atoms with Gasteiger partial charge in [-0.3, -0.25) is 4.79 Å². The van der Waals surface area contributed by atoms with Crippen molar-refractivity contribution in [1.29, 1.82) is 0 Å². The summed E-state index contributed by atoms with van der Waals surface area (Å²) in [4.78, 5) is 14.7. The number of aromatic nitrogens is 2. The molecule has 4 rings (SSSR count). The minimum Gasteiger partial charge on any atom is -0.342 e. The van der Waals surface area contributed by atoms with Crippen molar-refractivity contribution < 1.29 is 9.18 Å². The average Bonchev–Trinajstić information content (AvgIpc) is 2.76. The van der Waals surface area contributed by atoms with E-state index in [9.17, 15) is 9.18 Å². The first-order valence-electron chi connectivity index (χ1n) is 11.3. The van der Waals surface area contributed by atoms with Crippen molar-refractivity contribution in [3.05, 3.63) is 47.9 Å². The fourth-order valence-corrected chi connectivity index (χ4v) is 4.99. The molecule has 0 saturated carbocycles. The van der Waals surface area contributed by atoms with Crippen molar-refractivity contribution >= 4 is 17.4 Å². The van der Waals surface area contributed by atoms with Crippen molar-refractivity contribution in [2.24, 2.45) is 5.92 Å². The number of rotatable bonds is 6. The summed E-state index contributed by atoms with van der Waals surface area (Å²) in [5, 5.41) is 7.75. The molecule has 0 aliphatic carbocycles. The molecule has 1 aromatic heterocycles. The average molecular weight is 412 g/mol. The zero-order chi connectivity index (χ0) is 21.1. The number of quaternary nitrogens is 1. The van der Waals surface area contributed by atoms with E-state index in [1.807, 2.05) is 0 Å². The van der Waals surface area contributed by atoms with Gasteiger partial charge in [-0.15, -0.1) is 5.10 Å². The summed E-state index contributed by atoms with van der Waals surface area (Å²) in [5.41, 5.74) is 2.53. The van der Waals surface area contributed by atoms with Crippen LogP contribution >= 0.6 is 0 Å². The first-order valence-corrected chi connectivity index (χ1v) is 11.3. The van der Waals surface area contributed by atoms with Crippen LogP contribution in [-0.2, 0) is 4.79 Å². The molecule has 1 aromatic carbocycles. The molecular weight excluding hydrogens is 379 g/mol. The third-order valence-electron chi connectivity index (χ3n) is 7.14. The summed E-state index contributed by atoms with van der Waals surface area (Å²) < 4.78 is 13.9. The van der Waals surface area contributed by atoms with E-state index in [1.165, 1.54) is 17.3 Å². The van der Waals surface area contributed by atoms with E-state index in [4.69, 9.17) is 0 Å². The van der Waals surface area contributed by atoms with Crippen LogP contribution in [0.25, 0.3) is 0 Å². The third kappa shape index (κ3) is 3.85. The lowest BCUT2D eigenvalue weighted by atomic mass is 9.88.